The highest BCUT2D eigenvalue weighted by molar-refractivity contribution is 7.80. The normalized spacial score (nSPS) is 11.3. The minimum atomic E-state index is -0.352. The summed E-state index contributed by atoms with van der Waals surface area (Å²) in [4.78, 5) is 11.8. The number of carbonyl (C=O) groups is 1. The zero-order valence-corrected chi connectivity index (χ0v) is 15.1. The third-order valence-corrected chi connectivity index (χ3v) is 3.47. The summed E-state index contributed by atoms with van der Waals surface area (Å²) in [5.74, 6) is 0.465. The van der Waals surface area contributed by atoms with Gasteiger partial charge in [-0.25, -0.2) is 4.79 Å². The second kappa shape index (κ2) is 9.64. The standard InChI is InChI=1S/C19H22N2O3S/c1-3-23-18(22)15-8-7-9-16(12-15)21-19(25)20-14(2)13-24-17-10-5-4-6-11-17/h4-12,14H,3,13H2,1-2H3,(H2,20,21,25)/t14-/m0/s1. The van der Waals surface area contributed by atoms with Gasteiger partial charge in [-0.3, -0.25) is 0 Å². The molecule has 0 heterocycles. The number of hydrogen-bond acceptors (Lipinski definition) is 4. The fourth-order valence-electron chi connectivity index (χ4n) is 2.11. The van der Waals surface area contributed by atoms with Gasteiger partial charge in [-0.2, -0.15) is 0 Å². The maximum Gasteiger partial charge on any atom is 0.338 e. The summed E-state index contributed by atoms with van der Waals surface area (Å²) in [6, 6.07) is 16.7. The molecule has 0 saturated carbocycles. The Labute approximate surface area is 153 Å². The summed E-state index contributed by atoms with van der Waals surface area (Å²) in [7, 11) is 0. The summed E-state index contributed by atoms with van der Waals surface area (Å²) in [5, 5.41) is 6.68. The van der Waals surface area contributed by atoms with E-state index >= 15 is 0 Å². The smallest absolute Gasteiger partial charge is 0.338 e. The van der Waals surface area contributed by atoms with E-state index in [0.717, 1.165) is 11.4 Å². The number of para-hydroxylation sites is 1. The summed E-state index contributed by atoms with van der Waals surface area (Å²) in [5.41, 5.74) is 1.20. The average molecular weight is 358 g/mol. The number of thiocarbonyl (C=S) groups is 1. The molecular formula is C19H22N2O3S. The predicted octanol–water partition coefficient (Wildman–Crippen LogP) is 3.62. The van der Waals surface area contributed by atoms with Crippen LogP contribution in [0.1, 0.15) is 24.2 Å². The Balaban J connectivity index is 1.83. The summed E-state index contributed by atoms with van der Waals surface area (Å²) in [6.07, 6.45) is 0. The molecule has 2 N–H and O–H groups in total. The molecule has 0 radical (unpaired) electrons. The number of carbonyl (C=O) groups excluding carboxylic acids is 1. The highest BCUT2D eigenvalue weighted by Crippen LogP contribution is 2.12. The Hall–Kier alpha value is -2.60. The molecule has 132 valence electrons. The highest BCUT2D eigenvalue weighted by Gasteiger charge is 2.09. The van der Waals surface area contributed by atoms with Gasteiger partial charge in [0, 0.05) is 5.69 Å². The second-order valence-corrected chi connectivity index (χ2v) is 5.83. The molecule has 25 heavy (non-hydrogen) atoms. The van der Waals surface area contributed by atoms with Gasteiger partial charge in [-0.1, -0.05) is 24.3 Å². The fraction of sp³-hybridized carbons (Fsp3) is 0.263. The lowest BCUT2D eigenvalue weighted by molar-refractivity contribution is 0.0526. The van der Waals surface area contributed by atoms with Gasteiger partial charge in [0.1, 0.15) is 12.4 Å². The molecule has 0 amide bonds. The zero-order valence-electron chi connectivity index (χ0n) is 14.3. The molecular weight excluding hydrogens is 336 g/mol. The minimum Gasteiger partial charge on any atom is -0.491 e. The van der Waals surface area contributed by atoms with E-state index in [0.29, 0.717) is 23.9 Å². The van der Waals surface area contributed by atoms with Crippen LogP contribution in [0.5, 0.6) is 5.75 Å². The molecule has 1 atom stereocenters. The molecule has 0 saturated heterocycles. The van der Waals surface area contributed by atoms with Crippen LogP contribution in [0.2, 0.25) is 0 Å². The largest absolute Gasteiger partial charge is 0.491 e. The third kappa shape index (κ3) is 6.43. The van der Waals surface area contributed by atoms with Gasteiger partial charge in [-0.05, 0) is 56.4 Å². The quantitative estimate of drug-likeness (QED) is 0.582. The van der Waals surface area contributed by atoms with Crippen LogP contribution >= 0.6 is 12.2 Å². The number of anilines is 1. The lowest BCUT2D eigenvalue weighted by atomic mass is 10.2. The van der Waals surface area contributed by atoms with Crippen molar-refractivity contribution in [3.63, 3.8) is 0 Å². The van der Waals surface area contributed by atoms with Crippen molar-refractivity contribution in [2.45, 2.75) is 19.9 Å². The van der Waals surface area contributed by atoms with E-state index in [1.54, 1.807) is 25.1 Å². The second-order valence-electron chi connectivity index (χ2n) is 5.42. The molecule has 0 fully saturated rings. The van der Waals surface area contributed by atoms with E-state index in [2.05, 4.69) is 10.6 Å². The van der Waals surface area contributed by atoms with Crippen LogP contribution < -0.4 is 15.4 Å². The first kappa shape index (κ1) is 18.7. The molecule has 0 spiro atoms. The van der Waals surface area contributed by atoms with E-state index in [1.165, 1.54) is 0 Å². The number of benzene rings is 2. The Bertz CT molecular complexity index is 707. The molecule has 5 nitrogen and oxygen atoms in total. The molecule has 0 aliphatic carbocycles. The molecule has 2 aromatic carbocycles. The first-order valence-electron chi connectivity index (χ1n) is 8.11. The molecule has 0 aliphatic rings. The van der Waals surface area contributed by atoms with Crippen molar-refractivity contribution >= 4 is 29.0 Å². The van der Waals surface area contributed by atoms with Gasteiger partial charge < -0.3 is 20.1 Å². The average Bonchev–Trinajstić information content (AvgIpc) is 2.61. The highest BCUT2D eigenvalue weighted by atomic mass is 32.1. The lowest BCUT2D eigenvalue weighted by Gasteiger charge is -2.18. The van der Waals surface area contributed by atoms with Crippen molar-refractivity contribution < 1.29 is 14.3 Å². The van der Waals surface area contributed by atoms with Gasteiger partial charge in [0.2, 0.25) is 0 Å². The summed E-state index contributed by atoms with van der Waals surface area (Å²) < 4.78 is 10.7. The van der Waals surface area contributed by atoms with Crippen LogP contribution in [0.25, 0.3) is 0 Å². The van der Waals surface area contributed by atoms with Crippen molar-refractivity contribution in [3.05, 3.63) is 60.2 Å². The van der Waals surface area contributed by atoms with Gasteiger partial charge >= 0.3 is 5.97 Å². The van der Waals surface area contributed by atoms with E-state index < -0.39 is 0 Å². The minimum absolute atomic E-state index is 0.0217. The van der Waals surface area contributed by atoms with Crippen LogP contribution in [0, 0.1) is 0 Å². The summed E-state index contributed by atoms with van der Waals surface area (Å²) in [6.45, 7) is 4.58. The molecule has 0 aromatic heterocycles. The van der Waals surface area contributed by atoms with Crippen molar-refractivity contribution in [2.75, 3.05) is 18.5 Å². The van der Waals surface area contributed by atoms with Crippen LogP contribution in [0.4, 0.5) is 5.69 Å². The fourth-order valence-corrected chi connectivity index (χ4v) is 2.43. The Kier molecular flexibility index (Phi) is 7.22. The van der Waals surface area contributed by atoms with Gasteiger partial charge in [0.15, 0.2) is 5.11 Å². The first-order valence-corrected chi connectivity index (χ1v) is 8.52. The Morgan fingerprint density at radius 2 is 1.92 bits per heavy atom. The van der Waals surface area contributed by atoms with Crippen LogP contribution in [0.15, 0.2) is 54.6 Å². The number of rotatable bonds is 7. The molecule has 0 bridgehead atoms. The van der Waals surface area contributed by atoms with Gasteiger partial charge in [0.25, 0.3) is 0 Å². The van der Waals surface area contributed by atoms with Crippen LogP contribution in [-0.2, 0) is 4.74 Å². The van der Waals surface area contributed by atoms with E-state index in [1.807, 2.05) is 43.3 Å². The van der Waals surface area contributed by atoms with E-state index in [-0.39, 0.29) is 12.0 Å². The molecule has 0 unspecified atom stereocenters. The lowest BCUT2D eigenvalue weighted by Crippen LogP contribution is -2.39. The zero-order chi connectivity index (χ0) is 18.1. The van der Waals surface area contributed by atoms with Crippen molar-refractivity contribution in [1.82, 2.24) is 5.32 Å². The Morgan fingerprint density at radius 1 is 1.16 bits per heavy atom. The number of esters is 1. The SMILES string of the molecule is CCOC(=O)c1cccc(NC(=S)N[C@@H](C)COc2ccccc2)c1. The molecule has 2 rings (SSSR count). The van der Waals surface area contributed by atoms with Crippen molar-refractivity contribution in [3.8, 4) is 5.75 Å². The number of hydrogen-bond donors (Lipinski definition) is 2. The molecule has 2 aromatic rings. The maximum atomic E-state index is 11.8. The molecule has 6 heteroatoms. The molecule has 0 aliphatic heterocycles. The van der Waals surface area contributed by atoms with Gasteiger partial charge in [0.05, 0.1) is 18.2 Å². The topological polar surface area (TPSA) is 59.6 Å². The Morgan fingerprint density at radius 3 is 2.64 bits per heavy atom. The third-order valence-electron chi connectivity index (χ3n) is 3.25. The summed E-state index contributed by atoms with van der Waals surface area (Å²) >= 11 is 5.31. The van der Waals surface area contributed by atoms with Crippen LogP contribution in [-0.4, -0.2) is 30.3 Å². The van der Waals surface area contributed by atoms with E-state index in [9.17, 15) is 4.79 Å². The van der Waals surface area contributed by atoms with E-state index in [4.69, 9.17) is 21.7 Å². The van der Waals surface area contributed by atoms with Gasteiger partial charge in [-0.15, -0.1) is 0 Å². The van der Waals surface area contributed by atoms with Crippen LogP contribution in [0.3, 0.4) is 0 Å². The van der Waals surface area contributed by atoms with Crippen molar-refractivity contribution in [2.24, 2.45) is 0 Å². The monoisotopic (exact) mass is 358 g/mol. The van der Waals surface area contributed by atoms with Crippen molar-refractivity contribution in [1.29, 1.82) is 0 Å². The number of ether oxygens (including phenoxy) is 2. The maximum absolute atomic E-state index is 11.8. The predicted molar refractivity (Wildman–Crippen MR) is 103 cm³/mol. The number of nitrogens with one attached hydrogen (secondary N) is 2. The first-order chi connectivity index (χ1) is 12.1.